The number of para-hydroxylation sites is 2. The lowest BCUT2D eigenvalue weighted by Crippen LogP contribution is -2.30. The largest absolute Gasteiger partial charge is 0.493 e. The second-order valence-corrected chi connectivity index (χ2v) is 4.76. The van der Waals surface area contributed by atoms with Gasteiger partial charge in [-0.2, -0.15) is 0 Å². The van der Waals surface area contributed by atoms with Crippen LogP contribution in [0.5, 0.6) is 11.5 Å². The van der Waals surface area contributed by atoms with Crippen molar-refractivity contribution in [1.29, 1.82) is 0 Å². The Labute approximate surface area is 128 Å². The maximum absolute atomic E-state index is 11.8. The van der Waals surface area contributed by atoms with Gasteiger partial charge in [0.05, 0.1) is 13.2 Å². The number of nitrogens with one attached hydrogen (secondary N) is 1. The molecule has 2 N–H and O–H groups in total. The summed E-state index contributed by atoms with van der Waals surface area (Å²) in [4.78, 5) is 11.8. The van der Waals surface area contributed by atoms with Crippen LogP contribution in [0.4, 0.5) is 0 Å². The van der Waals surface area contributed by atoms with E-state index in [2.05, 4.69) is 5.32 Å². The molecular formula is C16H19NO5. The van der Waals surface area contributed by atoms with Crippen LogP contribution in [0.2, 0.25) is 0 Å². The number of ether oxygens (including phenoxy) is 2. The van der Waals surface area contributed by atoms with Crippen molar-refractivity contribution in [2.45, 2.75) is 19.6 Å². The van der Waals surface area contributed by atoms with Crippen LogP contribution >= 0.6 is 0 Å². The Balaban J connectivity index is 1.93. The van der Waals surface area contributed by atoms with Crippen LogP contribution in [-0.4, -0.2) is 30.8 Å². The molecule has 118 valence electrons. The molecule has 1 heterocycles. The van der Waals surface area contributed by atoms with Gasteiger partial charge in [-0.15, -0.1) is 0 Å². The van der Waals surface area contributed by atoms with Crippen LogP contribution in [0.1, 0.15) is 23.2 Å². The predicted molar refractivity (Wildman–Crippen MR) is 80.0 cm³/mol. The fourth-order valence-electron chi connectivity index (χ4n) is 1.79. The standard InChI is InChI=1S/C16H19NO5/c1-11(18)9-17-16(19)15-8-7-12(22-15)10-21-14-6-4-3-5-13(14)20-2/h3-8,11,18H,9-10H2,1-2H3,(H,17,19). The van der Waals surface area contributed by atoms with Gasteiger partial charge in [0, 0.05) is 6.54 Å². The molecule has 1 unspecified atom stereocenters. The summed E-state index contributed by atoms with van der Waals surface area (Å²) in [6, 6.07) is 10.5. The minimum atomic E-state index is -0.604. The Hall–Kier alpha value is -2.47. The van der Waals surface area contributed by atoms with Crippen molar-refractivity contribution in [3.05, 3.63) is 47.9 Å². The summed E-state index contributed by atoms with van der Waals surface area (Å²) >= 11 is 0. The van der Waals surface area contributed by atoms with E-state index in [-0.39, 0.29) is 24.8 Å². The molecule has 1 atom stereocenters. The summed E-state index contributed by atoms with van der Waals surface area (Å²) in [7, 11) is 1.57. The van der Waals surface area contributed by atoms with E-state index in [0.29, 0.717) is 17.3 Å². The third kappa shape index (κ3) is 4.26. The lowest BCUT2D eigenvalue weighted by atomic mass is 10.3. The Morgan fingerprint density at radius 1 is 1.27 bits per heavy atom. The first kappa shape index (κ1) is 15.9. The fourth-order valence-corrected chi connectivity index (χ4v) is 1.79. The first-order valence-electron chi connectivity index (χ1n) is 6.91. The number of methoxy groups -OCH3 is 1. The smallest absolute Gasteiger partial charge is 0.287 e. The highest BCUT2D eigenvalue weighted by Crippen LogP contribution is 2.26. The van der Waals surface area contributed by atoms with E-state index in [1.165, 1.54) is 0 Å². The maximum atomic E-state index is 11.8. The third-order valence-corrected chi connectivity index (χ3v) is 2.88. The van der Waals surface area contributed by atoms with Gasteiger partial charge in [0.15, 0.2) is 17.3 Å². The van der Waals surface area contributed by atoms with Crippen molar-refractivity contribution in [1.82, 2.24) is 5.32 Å². The molecule has 0 fully saturated rings. The summed E-state index contributed by atoms with van der Waals surface area (Å²) in [6.07, 6.45) is -0.604. The van der Waals surface area contributed by atoms with Crippen molar-refractivity contribution >= 4 is 5.91 Å². The number of aliphatic hydroxyl groups is 1. The summed E-state index contributed by atoms with van der Waals surface area (Å²) in [6.45, 7) is 1.95. The first-order valence-corrected chi connectivity index (χ1v) is 6.91. The Morgan fingerprint density at radius 2 is 2.00 bits per heavy atom. The van der Waals surface area contributed by atoms with Crippen LogP contribution in [-0.2, 0) is 6.61 Å². The van der Waals surface area contributed by atoms with Gasteiger partial charge >= 0.3 is 0 Å². The number of carbonyl (C=O) groups is 1. The van der Waals surface area contributed by atoms with Crippen molar-refractivity contribution in [2.75, 3.05) is 13.7 Å². The molecule has 2 aromatic rings. The van der Waals surface area contributed by atoms with Crippen LogP contribution in [0.25, 0.3) is 0 Å². The Morgan fingerprint density at radius 3 is 2.68 bits per heavy atom. The van der Waals surface area contributed by atoms with Crippen LogP contribution in [0, 0.1) is 0 Å². The normalized spacial score (nSPS) is 11.8. The molecule has 0 aliphatic rings. The van der Waals surface area contributed by atoms with E-state index in [4.69, 9.17) is 19.0 Å². The van der Waals surface area contributed by atoms with E-state index in [0.717, 1.165) is 0 Å². The molecule has 1 amide bonds. The second kappa shape index (κ2) is 7.51. The van der Waals surface area contributed by atoms with Crippen molar-refractivity contribution in [2.24, 2.45) is 0 Å². The summed E-state index contributed by atoms with van der Waals surface area (Å²) < 4.78 is 16.2. The highest BCUT2D eigenvalue weighted by atomic mass is 16.5. The van der Waals surface area contributed by atoms with Crippen molar-refractivity contribution in [3.63, 3.8) is 0 Å². The van der Waals surface area contributed by atoms with Gasteiger partial charge < -0.3 is 24.3 Å². The first-order chi connectivity index (χ1) is 10.6. The molecule has 1 aromatic heterocycles. The molecule has 6 heteroatoms. The lowest BCUT2D eigenvalue weighted by molar-refractivity contribution is 0.0892. The van der Waals surface area contributed by atoms with Gasteiger partial charge in [0.2, 0.25) is 0 Å². The highest BCUT2D eigenvalue weighted by Gasteiger charge is 2.12. The molecular weight excluding hydrogens is 286 g/mol. The monoisotopic (exact) mass is 305 g/mol. The number of hydrogen-bond acceptors (Lipinski definition) is 5. The summed E-state index contributed by atoms with van der Waals surface area (Å²) in [5.74, 6) is 1.56. The predicted octanol–water partition coefficient (Wildman–Crippen LogP) is 1.98. The molecule has 0 radical (unpaired) electrons. The molecule has 0 saturated carbocycles. The number of rotatable bonds is 7. The SMILES string of the molecule is COc1ccccc1OCc1ccc(C(=O)NCC(C)O)o1. The van der Waals surface area contributed by atoms with Crippen LogP contribution in [0.15, 0.2) is 40.8 Å². The second-order valence-electron chi connectivity index (χ2n) is 4.76. The van der Waals surface area contributed by atoms with Gasteiger partial charge in [-0.25, -0.2) is 0 Å². The Bertz CT molecular complexity index is 621. The number of furan rings is 1. The number of aliphatic hydroxyl groups excluding tert-OH is 1. The summed E-state index contributed by atoms with van der Waals surface area (Å²) in [5, 5.41) is 11.7. The molecule has 0 spiro atoms. The minimum Gasteiger partial charge on any atom is -0.493 e. The lowest BCUT2D eigenvalue weighted by Gasteiger charge is -2.08. The average molecular weight is 305 g/mol. The molecule has 0 bridgehead atoms. The van der Waals surface area contributed by atoms with E-state index in [1.807, 2.05) is 12.1 Å². The molecule has 1 aromatic carbocycles. The van der Waals surface area contributed by atoms with Crippen molar-refractivity contribution < 1.29 is 23.8 Å². The van der Waals surface area contributed by atoms with Crippen LogP contribution < -0.4 is 14.8 Å². The number of benzene rings is 1. The quantitative estimate of drug-likeness (QED) is 0.817. The zero-order valence-electron chi connectivity index (χ0n) is 12.5. The zero-order chi connectivity index (χ0) is 15.9. The third-order valence-electron chi connectivity index (χ3n) is 2.88. The molecule has 2 rings (SSSR count). The highest BCUT2D eigenvalue weighted by molar-refractivity contribution is 5.91. The van der Waals surface area contributed by atoms with Gasteiger partial charge in [0.1, 0.15) is 12.4 Å². The topological polar surface area (TPSA) is 80.9 Å². The van der Waals surface area contributed by atoms with Crippen molar-refractivity contribution in [3.8, 4) is 11.5 Å². The molecule has 0 aliphatic carbocycles. The maximum Gasteiger partial charge on any atom is 0.287 e. The average Bonchev–Trinajstić information content (AvgIpc) is 2.99. The van der Waals surface area contributed by atoms with E-state index < -0.39 is 6.10 Å². The molecule has 6 nitrogen and oxygen atoms in total. The van der Waals surface area contributed by atoms with E-state index in [1.54, 1.807) is 38.3 Å². The van der Waals surface area contributed by atoms with E-state index >= 15 is 0 Å². The van der Waals surface area contributed by atoms with Gasteiger partial charge in [-0.1, -0.05) is 12.1 Å². The number of hydrogen-bond donors (Lipinski definition) is 2. The molecule has 0 aliphatic heterocycles. The Kier molecular flexibility index (Phi) is 5.43. The zero-order valence-corrected chi connectivity index (χ0v) is 12.5. The van der Waals surface area contributed by atoms with Gasteiger partial charge in [0.25, 0.3) is 5.91 Å². The fraction of sp³-hybridized carbons (Fsp3) is 0.312. The minimum absolute atomic E-state index is 0.173. The molecule has 0 saturated heterocycles. The van der Waals surface area contributed by atoms with Crippen LogP contribution in [0.3, 0.4) is 0 Å². The van der Waals surface area contributed by atoms with Gasteiger partial charge in [-0.3, -0.25) is 4.79 Å². The summed E-state index contributed by atoms with van der Waals surface area (Å²) in [5.41, 5.74) is 0. The van der Waals surface area contributed by atoms with E-state index in [9.17, 15) is 4.79 Å². The number of carbonyl (C=O) groups excluding carboxylic acids is 1. The number of amides is 1. The molecule has 22 heavy (non-hydrogen) atoms. The van der Waals surface area contributed by atoms with Gasteiger partial charge in [-0.05, 0) is 31.2 Å².